The molecular weight excluding hydrogens is 286 g/mol. The Labute approximate surface area is 139 Å². The lowest BCUT2D eigenvalue weighted by Crippen LogP contribution is -2.51. The molecule has 3 atom stereocenters. The minimum absolute atomic E-state index is 0.148. The zero-order valence-corrected chi connectivity index (χ0v) is 14.3. The number of nitrogens with two attached hydrogens (primary N) is 1. The first-order valence-corrected chi connectivity index (χ1v) is 9.02. The third-order valence-electron chi connectivity index (χ3n) is 5.61. The molecule has 4 nitrogen and oxygen atoms in total. The maximum Gasteiger partial charge on any atom is 0.242 e. The van der Waals surface area contributed by atoms with E-state index in [9.17, 15) is 4.79 Å². The van der Waals surface area contributed by atoms with Crippen LogP contribution in [0.4, 0.5) is 11.4 Å². The fourth-order valence-electron chi connectivity index (χ4n) is 4.06. The molecule has 1 aliphatic heterocycles. The van der Waals surface area contributed by atoms with Crippen molar-refractivity contribution in [2.24, 2.45) is 5.92 Å². The molecule has 1 amide bonds. The van der Waals surface area contributed by atoms with E-state index in [0.717, 1.165) is 37.2 Å². The van der Waals surface area contributed by atoms with Crippen molar-refractivity contribution in [1.82, 2.24) is 5.32 Å². The van der Waals surface area contributed by atoms with Crippen molar-refractivity contribution < 1.29 is 4.79 Å². The van der Waals surface area contributed by atoms with E-state index in [4.69, 9.17) is 5.73 Å². The predicted molar refractivity (Wildman–Crippen MR) is 95.5 cm³/mol. The third-order valence-corrected chi connectivity index (χ3v) is 5.61. The number of fused-ring (bicyclic) bond motifs is 1. The Morgan fingerprint density at radius 3 is 2.87 bits per heavy atom. The maximum atomic E-state index is 12.8. The normalized spacial score (nSPS) is 25.6. The van der Waals surface area contributed by atoms with Crippen LogP contribution in [0.2, 0.25) is 0 Å². The number of nitrogen functional groups attached to an aromatic ring is 1. The van der Waals surface area contributed by atoms with Crippen LogP contribution in [0.15, 0.2) is 18.2 Å². The van der Waals surface area contributed by atoms with Crippen molar-refractivity contribution in [1.29, 1.82) is 0 Å². The summed E-state index contributed by atoms with van der Waals surface area (Å²) in [6.07, 6.45) is 6.92. The molecule has 4 heteroatoms. The zero-order valence-electron chi connectivity index (χ0n) is 14.3. The number of anilines is 2. The Balaban J connectivity index is 1.72. The maximum absolute atomic E-state index is 12.8. The van der Waals surface area contributed by atoms with Gasteiger partial charge in [-0.25, -0.2) is 0 Å². The monoisotopic (exact) mass is 315 g/mol. The van der Waals surface area contributed by atoms with E-state index in [0.29, 0.717) is 12.0 Å². The molecule has 1 fully saturated rings. The van der Waals surface area contributed by atoms with Gasteiger partial charge in [-0.1, -0.05) is 25.8 Å². The number of hydrogen-bond donors (Lipinski definition) is 2. The molecular formula is C19H29N3O. The van der Waals surface area contributed by atoms with Gasteiger partial charge in [0.25, 0.3) is 0 Å². The number of carbonyl (C=O) groups is 1. The summed E-state index contributed by atoms with van der Waals surface area (Å²) in [5.41, 5.74) is 9.30. The van der Waals surface area contributed by atoms with E-state index in [1.54, 1.807) is 0 Å². The molecule has 2 aliphatic rings. The lowest BCUT2D eigenvalue weighted by atomic mass is 9.86. The highest BCUT2D eigenvalue weighted by molar-refractivity contribution is 5.86. The topological polar surface area (TPSA) is 58.4 Å². The molecule has 3 unspecified atom stereocenters. The van der Waals surface area contributed by atoms with Crippen molar-refractivity contribution in [2.45, 2.75) is 64.5 Å². The van der Waals surface area contributed by atoms with Crippen LogP contribution in [0.5, 0.6) is 0 Å². The van der Waals surface area contributed by atoms with E-state index in [1.807, 2.05) is 19.1 Å². The molecule has 1 heterocycles. The molecule has 0 saturated heterocycles. The molecule has 0 spiro atoms. The summed E-state index contributed by atoms with van der Waals surface area (Å²) < 4.78 is 0. The second kappa shape index (κ2) is 6.81. The number of benzene rings is 1. The lowest BCUT2D eigenvalue weighted by molar-refractivity contribution is -0.123. The van der Waals surface area contributed by atoms with Gasteiger partial charge < -0.3 is 16.0 Å². The van der Waals surface area contributed by atoms with Gasteiger partial charge in [-0.15, -0.1) is 0 Å². The fourth-order valence-corrected chi connectivity index (χ4v) is 4.06. The van der Waals surface area contributed by atoms with Crippen LogP contribution in [0.3, 0.4) is 0 Å². The second-order valence-corrected chi connectivity index (χ2v) is 7.19. The first-order valence-electron chi connectivity index (χ1n) is 9.02. The number of rotatable bonds is 3. The van der Waals surface area contributed by atoms with Crippen molar-refractivity contribution in [3.8, 4) is 0 Å². The van der Waals surface area contributed by atoms with Crippen LogP contribution in [0.25, 0.3) is 0 Å². The second-order valence-electron chi connectivity index (χ2n) is 7.19. The summed E-state index contributed by atoms with van der Waals surface area (Å²) in [7, 11) is 0. The Morgan fingerprint density at radius 2 is 2.09 bits per heavy atom. The molecule has 3 rings (SSSR count). The zero-order chi connectivity index (χ0) is 16.4. The van der Waals surface area contributed by atoms with Gasteiger partial charge in [0.15, 0.2) is 0 Å². The minimum atomic E-state index is -0.148. The number of carbonyl (C=O) groups excluding carboxylic acids is 1. The van der Waals surface area contributed by atoms with E-state index in [2.05, 4.69) is 23.2 Å². The van der Waals surface area contributed by atoms with Crippen molar-refractivity contribution in [2.75, 3.05) is 17.2 Å². The average molecular weight is 315 g/mol. The number of nitrogens with zero attached hydrogens (tertiary/aromatic N) is 1. The van der Waals surface area contributed by atoms with Gasteiger partial charge in [0.1, 0.15) is 6.04 Å². The van der Waals surface area contributed by atoms with Gasteiger partial charge >= 0.3 is 0 Å². The highest BCUT2D eigenvalue weighted by atomic mass is 16.2. The van der Waals surface area contributed by atoms with Crippen LogP contribution in [0.1, 0.15) is 51.5 Å². The summed E-state index contributed by atoms with van der Waals surface area (Å²) in [5, 5.41) is 3.30. The summed E-state index contributed by atoms with van der Waals surface area (Å²) in [5.74, 6) is 0.739. The molecule has 23 heavy (non-hydrogen) atoms. The number of hydrogen-bond acceptors (Lipinski definition) is 3. The van der Waals surface area contributed by atoms with Gasteiger partial charge in [0.05, 0.1) is 0 Å². The van der Waals surface area contributed by atoms with E-state index >= 15 is 0 Å². The van der Waals surface area contributed by atoms with Crippen LogP contribution in [0, 0.1) is 5.92 Å². The fraction of sp³-hybridized carbons (Fsp3) is 0.632. The molecule has 1 aromatic rings. The highest BCUT2D eigenvalue weighted by Gasteiger charge is 2.30. The van der Waals surface area contributed by atoms with Gasteiger partial charge in [-0.3, -0.25) is 4.79 Å². The standard InChI is InChI=1S/C19H29N3O/c1-13-7-3-4-10-17(13)21-19(23)14(2)22-12-6-8-15-16(20)9-5-11-18(15)22/h5,9,11,13-14,17H,3-4,6-8,10,12,20H2,1-2H3,(H,21,23). The Hall–Kier alpha value is -1.71. The highest BCUT2D eigenvalue weighted by Crippen LogP contribution is 2.32. The number of amides is 1. The molecule has 1 saturated carbocycles. The van der Waals surface area contributed by atoms with Crippen LogP contribution in [-0.4, -0.2) is 24.5 Å². The minimum Gasteiger partial charge on any atom is -0.398 e. The smallest absolute Gasteiger partial charge is 0.242 e. The molecule has 126 valence electrons. The van der Waals surface area contributed by atoms with E-state index in [-0.39, 0.29) is 11.9 Å². The quantitative estimate of drug-likeness (QED) is 0.843. The van der Waals surface area contributed by atoms with Crippen LogP contribution in [-0.2, 0) is 11.2 Å². The first kappa shape index (κ1) is 16.2. The average Bonchev–Trinajstić information content (AvgIpc) is 2.56. The summed E-state index contributed by atoms with van der Waals surface area (Å²) in [6.45, 7) is 5.19. The van der Waals surface area contributed by atoms with E-state index < -0.39 is 0 Å². The van der Waals surface area contributed by atoms with Crippen LogP contribution < -0.4 is 16.0 Å². The largest absolute Gasteiger partial charge is 0.398 e. The molecule has 1 aliphatic carbocycles. The van der Waals surface area contributed by atoms with Crippen molar-refractivity contribution in [3.05, 3.63) is 23.8 Å². The molecule has 0 aromatic heterocycles. The SMILES string of the molecule is CC1CCCCC1NC(=O)C(C)N1CCCc2c(N)cccc21. The lowest BCUT2D eigenvalue weighted by Gasteiger charge is -2.37. The summed E-state index contributed by atoms with van der Waals surface area (Å²) in [4.78, 5) is 15.0. The summed E-state index contributed by atoms with van der Waals surface area (Å²) >= 11 is 0. The van der Waals surface area contributed by atoms with Crippen molar-refractivity contribution >= 4 is 17.3 Å². The van der Waals surface area contributed by atoms with Gasteiger partial charge in [0, 0.05) is 24.0 Å². The predicted octanol–water partition coefficient (Wildman–Crippen LogP) is 3.10. The Morgan fingerprint density at radius 1 is 1.30 bits per heavy atom. The van der Waals surface area contributed by atoms with Crippen LogP contribution >= 0.6 is 0 Å². The van der Waals surface area contributed by atoms with Gasteiger partial charge in [0.2, 0.25) is 5.91 Å². The molecule has 1 aromatic carbocycles. The molecule has 3 N–H and O–H groups in total. The Bertz CT molecular complexity index is 572. The van der Waals surface area contributed by atoms with E-state index in [1.165, 1.54) is 24.8 Å². The van der Waals surface area contributed by atoms with Gasteiger partial charge in [-0.2, -0.15) is 0 Å². The third kappa shape index (κ3) is 3.31. The van der Waals surface area contributed by atoms with Crippen molar-refractivity contribution in [3.63, 3.8) is 0 Å². The molecule has 0 bridgehead atoms. The first-order chi connectivity index (χ1) is 11.1. The molecule has 0 radical (unpaired) electrons. The Kier molecular flexibility index (Phi) is 4.79. The van der Waals surface area contributed by atoms with Gasteiger partial charge in [-0.05, 0) is 56.2 Å². The number of nitrogens with one attached hydrogen (secondary N) is 1. The summed E-state index contributed by atoms with van der Waals surface area (Å²) in [6, 6.07) is 6.23.